The number of phenols is 2. The maximum atomic E-state index is 10.9. The average molecular weight is 332 g/mol. The Balaban J connectivity index is 2.87. The molecule has 0 spiro atoms. The molecule has 0 aliphatic carbocycles. The van der Waals surface area contributed by atoms with E-state index >= 15 is 0 Å². The molecule has 0 aliphatic heterocycles. The lowest BCUT2D eigenvalue weighted by molar-refractivity contribution is 0.385. The van der Waals surface area contributed by atoms with Gasteiger partial charge < -0.3 is 24.4 Å². The van der Waals surface area contributed by atoms with E-state index in [-0.39, 0.29) is 16.9 Å². The van der Waals surface area contributed by atoms with Crippen molar-refractivity contribution in [1.29, 1.82) is 0 Å². The van der Waals surface area contributed by atoms with Gasteiger partial charge in [0.25, 0.3) is 0 Å². The van der Waals surface area contributed by atoms with Crippen LogP contribution in [0.5, 0.6) is 28.7 Å². The fourth-order valence-electron chi connectivity index (χ4n) is 2.65. The first-order valence-corrected chi connectivity index (χ1v) is 7.59. The Hall–Kier alpha value is -2.56. The Bertz CT molecular complexity index is 719. The molecule has 130 valence electrons. The van der Waals surface area contributed by atoms with Gasteiger partial charge in [-0.25, -0.2) is 0 Å². The number of phenolic OH excluding ortho intramolecular Hbond substituents is 2. The first-order valence-electron chi connectivity index (χ1n) is 7.59. The molecule has 2 aromatic rings. The monoisotopic (exact) mass is 332 g/mol. The summed E-state index contributed by atoms with van der Waals surface area (Å²) in [5, 5.41) is 20.7. The van der Waals surface area contributed by atoms with Crippen LogP contribution in [0.15, 0.2) is 24.3 Å². The molecule has 0 radical (unpaired) electrons. The lowest BCUT2D eigenvalue weighted by Gasteiger charge is -2.24. The average Bonchev–Trinajstić information content (AvgIpc) is 2.53. The molecule has 0 bridgehead atoms. The number of methoxy groups -OCH3 is 3. The number of aromatic hydroxyl groups is 2. The van der Waals surface area contributed by atoms with Crippen LogP contribution >= 0.6 is 0 Å². The SMILES string of the molecule is COc1cc(-c2c(OC)cc(O)cc2OC)c(O)c(C(C)(C)C)c1. The highest BCUT2D eigenvalue weighted by Gasteiger charge is 2.25. The van der Waals surface area contributed by atoms with E-state index in [1.807, 2.05) is 26.8 Å². The van der Waals surface area contributed by atoms with Gasteiger partial charge in [0.2, 0.25) is 0 Å². The third kappa shape index (κ3) is 3.20. The first kappa shape index (κ1) is 17.8. The zero-order chi connectivity index (χ0) is 18.1. The van der Waals surface area contributed by atoms with Crippen molar-refractivity contribution >= 4 is 0 Å². The minimum atomic E-state index is -0.287. The normalized spacial score (nSPS) is 11.2. The van der Waals surface area contributed by atoms with Crippen molar-refractivity contribution < 1.29 is 24.4 Å². The smallest absolute Gasteiger partial charge is 0.134 e. The molecule has 2 N–H and O–H groups in total. The van der Waals surface area contributed by atoms with Crippen LogP contribution in [0.4, 0.5) is 0 Å². The fraction of sp³-hybridized carbons (Fsp3) is 0.368. The number of rotatable bonds is 4. The van der Waals surface area contributed by atoms with Gasteiger partial charge in [-0.2, -0.15) is 0 Å². The molecule has 0 amide bonds. The highest BCUT2D eigenvalue weighted by atomic mass is 16.5. The summed E-state index contributed by atoms with van der Waals surface area (Å²) in [7, 11) is 4.58. The van der Waals surface area contributed by atoms with Crippen molar-refractivity contribution in [2.45, 2.75) is 26.2 Å². The van der Waals surface area contributed by atoms with Gasteiger partial charge in [0.05, 0.1) is 26.9 Å². The van der Waals surface area contributed by atoms with Gasteiger partial charge in [-0.1, -0.05) is 20.8 Å². The van der Waals surface area contributed by atoms with Gasteiger partial charge in [0.1, 0.15) is 28.7 Å². The maximum absolute atomic E-state index is 10.9. The van der Waals surface area contributed by atoms with Crippen molar-refractivity contribution in [3.63, 3.8) is 0 Å². The van der Waals surface area contributed by atoms with Crippen molar-refractivity contribution in [2.75, 3.05) is 21.3 Å². The Morgan fingerprint density at radius 2 is 1.33 bits per heavy atom. The van der Waals surface area contributed by atoms with Gasteiger partial charge in [-0.15, -0.1) is 0 Å². The van der Waals surface area contributed by atoms with Crippen LogP contribution in [0, 0.1) is 0 Å². The van der Waals surface area contributed by atoms with Crippen LogP contribution < -0.4 is 14.2 Å². The highest BCUT2D eigenvalue weighted by molar-refractivity contribution is 5.84. The Kier molecular flexibility index (Phi) is 4.83. The predicted molar refractivity (Wildman–Crippen MR) is 93.6 cm³/mol. The number of hydrogen-bond donors (Lipinski definition) is 2. The third-order valence-electron chi connectivity index (χ3n) is 3.89. The van der Waals surface area contributed by atoms with Crippen molar-refractivity contribution in [2.24, 2.45) is 0 Å². The quantitative estimate of drug-likeness (QED) is 0.883. The summed E-state index contributed by atoms with van der Waals surface area (Å²) in [6, 6.07) is 6.50. The number of hydrogen-bond acceptors (Lipinski definition) is 5. The molecule has 2 rings (SSSR count). The van der Waals surface area contributed by atoms with E-state index < -0.39 is 0 Å². The van der Waals surface area contributed by atoms with E-state index in [2.05, 4.69) is 0 Å². The van der Waals surface area contributed by atoms with Crippen LogP contribution in [-0.2, 0) is 5.41 Å². The van der Waals surface area contributed by atoms with Gasteiger partial charge in [0, 0.05) is 23.3 Å². The van der Waals surface area contributed by atoms with Crippen LogP contribution in [-0.4, -0.2) is 31.5 Å². The minimum absolute atomic E-state index is 0.0193. The van der Waals surface area contributed by atoms with Gasteiger partial charge in [-0.05, 0) is 17.5 Å². The molecule has 0 aromatic heterocycles. The summed E-state index contributed by atoms with van der Waals surface area (Å²) in [4.78, 5) is 0. The molecule has 0 fully saturated rings. The molecule has 0 heterocycles. The topological polar surface area (TPSA) is 68.2 Å². The van der Waals surface area contributed by atoms with Crippen molar-refractivity contribution in [3.05, 3.63) is 29.8 Å². The predicted octanol–water partition coefficient (Wildman–Crippen LogP) is 4.09. The van der Waals surface area contributed by atoms with Crippen molar-refractivity contribution in [1.82, 2.24) is 0 Å². The van der Waals surface area contributed by atoms with Crippen LogP contribution in [0.25, 0.3) is 11.1 Å². The van der Waals surface area contributed by atoms with Crippen molar-refractivity contribution in [3.8, 4) is 39.9 Å². The van der Waals surface area contributed by atoms with E-state index in [4.69, 9.17) is 14.2 Å². The summed E-state index contributed by atoms with van der Waals surface area (Å²) < 4.78 is 16.2. The van der Waals surface area contributed by atoms with E-state index in [1.54, 1.807) is 13.2 Å². The molecule has 0 atom stereocenters. The molecule has 5 nitrogen and oxygen atoms in total. The molecular weight excluding hydrogens is 308 g/mol. The Morgan fingerprint density at radius 3 is 1.75 bits per heavy atom. The standard InChI is InChI=1S/C19H24O5/c1-19(2,3)14-10-12(22-4)9-13(18(14)21)17-15(23-5)7-11(20)8-16(17)24-6/h7-10,20-21H,1-6H3. The third-order valence-corrected chi connectivity index (χ3v) is 3.89. The summed E-state index contributed by atoms with van der Waals surface area (Å²) in [5.41, 5.74) is 1.53. The maximum Gasteiger partial charge on any atom is 0.134 e. The molecule has 24 heavy (non-hydrogen) atoms. The molecule has 0 unspecified atom stereocenters. The lowest BCUT2D eigenvalue weighted by Crippen LogP contribution is -2.12. The summed E-state index contributed by atoms with van der Waals surface area (Å²) in [5.74, 6) is 1.56. The van der Waals surface area contributed by atoms with Gasteiger partial charge >= 0.3 is 0 Å². The largest absolute Gasteiger partial charge is 0.508 e. The number of ether oxygens (including phenoxy) is 3. The second-order valence-electron chi connectivity index (χ2n) is 6.55. The van der Waals surface area contributed by atoms with Gasteiger partial charge in [-0.3, -0.25) is 0 Å². The molecule has 0 aliphatic rings. The zero-order valence-corrected chi connectivity index (χ0v) is 14.9. The van der Waals surface area contributed by atoms with Gasteiger partial charge in [0.15, 0.2) is 0 Å². The van der Waals surface area contributed by atoms with Crippen LogP contribution in [0.1, 0.15) is 26.3 Å². The molecule has 2 aromatic carbocycles. The highest BCUT2D eigenvalue weighted by Crippen LogP contribution is 2.48. The number of benzene rings is 2. The summed E-state index contributed by atoms with van der Waals surface area (Å²) in [6.07, 6.45) is 0. The van der Waals surface area contributed by atoms with E-state index in [0.29, 0.717) is 28.4 Å². The van der Waals surface area contributed by atoms with E-state index in [1.165, 1.54) is 26.4 Å². The fourth-order valence-corrected chi connectivity index (χ4v) is 2.65. The van der Waals surface area contributed by atoms with E-state index in [0.717, 1.165) is 5.56 Å². The molecule has 5 heteroatoms. The van der Waals surface area contributed by atoms with Crippen LogP contribution in [0.2, 0.25) is 0 Å². The second-order valence-corrected chi connectivity index (χ2v) is 6.55. The minimum Gasteiger partial charge on any atom is -0.508 e. The zero-order valence-electron chi connectivity index (χ0n) is 14.9. The Labute approximate surface area is 142 Å². The summed E-state index contributed by atoms with van der Waals surface area (Å²) >= 11 is 0. The second kappa shape index (κ2) is 6.51. The van der Waals surface area contributed by atoms with Crippen LogP contribution in [0.3, 0.4) is 0 Å². The Morgan fingerprint density at radius 1 is 0.792 bits per heavy atom. The van der Waals surface area contributed by atoms with E-state index in [9.17, 15) is 10.2 Å². The lowest BCUT2D eigenvalue weighted by atomic mass is 9.84. The molecule has 0 saturated heterocycles. The summed E-state index contributed by atoms with van der Waals surface area (Å²) in [6.45, 7) is 6.03. The molecule has 0 saturated carbocycles. The first-order chi connectivity index (χ1) is 11.2. The molecular formula is C19H24O5.